The smallest absolute Gasteiger partial charge is 0.227 e. The number of halogens is 1. The molecular weight excluding hydrogens is 244 g/mol. The average Bonchev–Trinajstić information content (AvgIpc) is 2.66. The Balaban J connectivity index is 0.00000128. The molecule has 0 N–H and O–H groups in total. The van der Waals surface area contributed by atoms with Crippen LogP contribution in [0.15, 0.2) is 47.9 Å². The van der Waals surface area contributed by atoms with Gasteiger partial charge >= 0.3 is 0 Å². The number of thioether (sulfide) groups is 1. The van der Waals surface area contributed by atoms with Crippen molar-refractivity contribution in [3.05, 3.63) is 48.3 Å². The molecule has 0 amide bonds. The maximum atomic E-state index is 11.8. The first-order valence-electron chi connectivity index (χ1n) is 4.52. The highest BCUT2D eigenvalue weighted by atomic mass is 35.5. The molecule has 0 atom stereocenters. The fourth-order valence-corrected chi connectivity index (χ4v) is 1.90. The highest BCUT2D eigenvalue weighted by molar-refractivity contribution is 8.14. The topological polar surface area (TPSA) is 34.9 Å². The van der Waals surface area contributed by atoms with Crippen LogP contribution in [0, 0.1) is 0 Å². The minimum atomic E-state index is 0. The van der Waals surface area contributed by atoms with Gasteiger partial charge in [-0.1, -0.05) is 30.3 Å². The van der Waals surface area contributed by atoms with E-state index in [4.69, 9.17) is 0 Å². The van der Waals surface area contributed by atoms with E-state index in [9.17, 15) is 4.79 Å². The van der Waals surface area contributed by atoms with Crippen LogP contribution in [-0.2, 0) is 7.05 Å². The summed E-state index contributed by atoms with van der Waals surface area (Å²) >= 11 is 1.14. The lowest BCUT2D eigenvalue weighted by atomic mass is 10.2. The van der Waals surface area contributed by atoms with Gasteiger partial charge in [-0.15, -0.1) is 12.4 Å². The molecule has 84 valence electrons. The van der Waals surface area contributed by atoms with Crippen LogP contribution < -0.4 is 0 Å². The zero-order valence-corrected chi connectivity index (χ0v) is 10.3. The average molecular weight is 255 g/mol. The number of benzene rings is 1. The Morgan fingerprint density at radius 3 is 2.56 bits per heavy atom. The van der Waals surface area contributed by atoms with E-state index in [0.717, 1.165) is 11.8 Å². The van der Waals surface area contributed by atoms with E-state index in [1.165, 1.54) is 0 Å². The second kappa shape index (κ2) is 5.72. The van der Waals surface area contributed by atoms with Gasteiger partial charge in [0.05, 0.1) is 0 Å². The molecule has 0 aliphatic rings. The third kappa shape index (κ3) is 2.87. The summed E-state index contributed by atoms with van der Waals surface area (Å²) in [5.41, 5.74) is 0.700. The van der Waals surface area contributed by atoms with Crippen molar-refractivity contribution >= 4 is 29.3 Å². The second-order valence-electron chi connectivity index (χ2n) is 3.08. The summed E-state index contributed by atoms with van der Waals surface area (Å²) in [6.45, 7) is 0. The van der Waals surface area contributed by atoms with Crippen LogP contribution in [-0.4, -0.2) is 14.7 Å². The van der Waals surface area contributed by atoms with E-state index in [1.807, 2.05) is 36.0 Å². The number of carbonyl (C=O) groups excluding carboxylic acids is 1. The Kier molecular flexibility index (Phi) is 4.58. The van der Waals surface area contributed by atoms with Gasteiger partial charge in [0.1, 0.15) is 0 Å². The molecule has 16 heavy (non-hydrogen) atoms. The van der Waals surface area contributed by atoms with Crippen LogP contribution in [0.5, 0.6) is 0 Å². The number of hydrogen-bond donors (Lipinski definition) is 0. The lowest BCUT2D eigenvalue weighted by Gasteiger charge is -2.00. The molecule has 3 nitrogen and oxygen atoms in total. The zero-order chi connectivity index (χ0) is 10.7. The van der Waals surface area contributed by atoms with E-state index >= 15 is 0 Å². The summed E-state index contributed by atoms with van der Waals surface area (Å²) in [4.78, 5) is 15.9. The lowest BCUT2D eigenvalue weighted by Crippen LogP contribution is -1.96. The maximum absolute atomic E-state index is 11.8. The molecule has 0 saturated heterocycles. The Bertz CT molecular complexity index is 470. The van der Waals surface area contributed by atoms with Gasteiger partial charge in [-0.2, -0.15) is 0 Å². The van der Waals surface area contributed by atoms with Crippen molar-refractivity contribution in [3.63, 3.8) is 0 Å². The van der Waals surface area contributed by atoms with Crippen molar-refractivity contribution in [1.29, 1.82) is 0 Å². The third-order valence-electron chi connectivity index (χ3n) is 1.97. The Hall–Kier alpha value is -1.26. The monoisotopic (exact) mass is 254 g/mol. The first-order chi connectivity index (χ1) is 7.27. The van der Waals surface area contributed by atoms with Crippen LogP contribution in [0.2, 0.25) is 0 Å². The fraction of sp³-hybridized carbons (Fsp3) is 0.0909. The number of imidazole rings is 1. The zero-order valence-electron chi connectivity index (χ0n) is 8.66. The highest BCUT2D eigenvalue weighted by Gasteiger charge is 2.10. The first-order valence-corrected chi connectivity index (χ1v) is 5.33. The van der Waals surface area contributed by atoms with Gasteiger partial charge in [0.2, 0.25) is 5.12 Å². The lowest BCUT2D eigenvalue weighted by molar-refractivity contribution is 0.108. The van der Waals surface area contributed by atoms with E-state index in [-0.39, 0.29) is 17.5 Å². The second-order valence-corrected chi connectivity index (χ2v) is 4.02. The van der Waals surface area contributed by atoms with Gasteiger partial charge in [-0.05, 0) is 11.8 Å². The number of aryl methyl sites for hydroxylation is 1. The van der Waals surface area contributed by atoms with E-state index in [0.29, 0.717) is 10.7 Å². The van der Waals surface area contributed by atoms with Crippen LogP contribution in [0.3, 0.4) is 0 Å². The summed E-state index contributed by atoms with van der Waals surface area (Å²) in [5.74, 6) is 0. The minimum absolute atomic E-state index is 0. The molecule has 1 aromatic carbocycles. The van der Waals surface area contributed by atoms with Gasteiger partial charge in [0.25, 0.3) is 0 Å². The largest absolute Gasteiger partial charge is 0.329 e. The standard InChI is InChI=1S/C11H10N2OS.ClH/c1-13-8-7-12-11(13)15-10(14)9-5-3-2-4-6-9;/h2-8H,1H3;1H. The molecule has 0 bridgehead atoms. The minimum Gasteiger partial charge on any atom is -0.329 e. The van der Waals surface area contributed by atoms with E-state index in [1.54, 1.807) is 18.3 Å². The molecule has 0 unspecified atom stereocenters. The molecule has 0 aliphatic carbocycles. The van der Waals surface area contributed by atoms with Gasteiger partial charge in [-0.25, -0.2) is 4.98 Å². The van der Waals surface area contributed by atoms with Crippen molar-refractivity contribution in [2.75, 3.05) is 0 Å². The number of carbonyl (C=O) groups is 1. The summed E-state index contributed by atoms with van der Waals surface area (Å²) < 4.78 is 1.82. The van der Waals surface area contributed by atoms with Crippen molar-refractivity contribution in [2.45, 2.75) is 5.16 Å². The molecule has 0 spiro atoms. The van der Waals surface area contributed by atoms with Crippen molar-refractivity contribution in [1.82, 2.24) is 9.55 Å². The molecule has 5 heteroatoms. The number of rotatable bonds is 2. The fourth-order valence-electron chi connectivity index (χ4n) is 1.17. The molecule has 1 aromatic heterocycles. The van der Waals surface area contributed by atoms with Gasteiger partial charge in [0.15, 0.2) is 5.16 Å². The summed E-state index contributed by atoms with van der Waals surface area (Å²) in [7, 11) is 1.87. The molecule has 1 heterocycles. The first kappa shape index (κ1) is 12.8. The van der Waals surface area contributed by atoms with Gasteiger partial charge < -0.3 is 4.57 Å². The Labute approximate surface area is 104 Å². The van der Waals surface area contributed by atoms with Crippen LogP contribution in [0.25, 0.3) is 0 Å². The quantitative estimate of drug-likeness (QED) is 0.773. The Morgan fingerprint density at radius 1 is 1.31 bits per heavy atom. The molecule has 2 aromatic rings. The molecule has 0 aliphatic heterocycles. The number of aromatic nitrogens is 2. The van der Waals surface area contributed by atoms with Crippen LogP contribution in [0.4, 0.5) is 0 Å². The third-order valence-corrected chi connectivity index (χ3v) is 2.97. The number of nitrogens with zero attached hydrogens (tertiary/aromatic N) is 2. The van der Waals surface area contributed by atoms with Crippen LogP contribution in [0.1, 0.15) is 10.4 Å². The molecule has 2 rings (SSSR count). The highest BCUT2D eigenvalue weighted by Crippen LogP contribution is 2.20. The summed E-state index contributed by atoms with van der Waals surface area (Å²) in [6.07, 6.45) is 3.50. The Morgan fingerprint density at radius 2 is 2.00 bits per heavy atom. The summed E-state index contributed by atoms with van der Waals surface area (Å²) in [5, 5.41) is 0.730. The summed E-state index contributed by atoms with van der Waals surface area (Å²) in [6, 6.07) is 9.21. The van der Waals surface area contributed by atoms with Gasteiger partial charge in [0, 0.05) is 25.0 Å². The van der Waals surface area contributed by atoms with Crippen molar-refractivity contribution < 1.29 is 4.79 Å². The van der Waals surface area contributed by atoms with Crippen molar-refractivity contribution in [2.24, 2.45) is 7.05 Å². The van der Waals surface area contributed by atoms with Crippen molar-refractivity contribution in [3.8, 4) is 0 Å². The molecule has 0 radical (unpaired) electrons. The predicted octanol–water partition coefficient (Wildman–Crippen LogP) is 2.77. The van der Waals surface area contributed by atoms with E-state index < -0.39 is 0 Å². The van der Waals surface area contributed by atoms with Crippen LogP contribution >= 0.6 is 24.2 Å². The molecule has 0 fully saturated rings. The normalized spacial score (nSPS) is 9.56. The van der Waals surface area contributed by atoms with Gasteiger partial charge in [-0.3, -0.25) is 4.79 Å². The predicted molar refractivity (Wildman–Crippen MR) is 67.1 cm³/mol. The number of hydrogen-bond acceptors (Lipinski definition) is 3. The molecule has 0 saturated carbocycles. The SMILES string of the molecule is Cl.Cn1ccnc1SC(=O)c1ccccc1. The maximum Gasteiger partial charge on any atom is 0.227 e. The van der Waals surface area contributed by atoms with E-state index in [2.05, 4.69) is 4.98 Å². The molecular formula is C11H11ClN2OS.